The largest absolute Gasteiger partial charge is 0.619 e. The van der Waals surface area contributed by atoms with Crippen LogP contribution in [0.3, 0.4) is 0 Å². The van der Waals surface area contributed by atoms with Crippen molar-refractivity contribution in [3.05, 3.63) is 65.4 Å². The Bertz CT molecular complexity index is 804. The van der Waals surface area contributed by atoms with E-state index in [4.69, 9.17) is 9.47 Å². The second-order valence-electron chi connectivity index (χ2n) is 7.39. The van der Waals surface area contributed by atoms with Crippen molar-refractivity contribution < 1.29 is 23.8 Å². The summed E-state index contributed by atoms with van der Waals surface area (Å²) in [6.07, 6.45) is 6.14. The standard InChI is InChI=1S/C11H15NO3.C11H15NO2/c1-4-15-10(13)11(2,3)9-6-5-7-12(14)8-9;1-4-14-10(13)11(2,3)9-6-5-7-12-8-9/h5-8H,4H2,1-3H3;5-8H,4H2,1-3H3. The monoisotopic (exact) mass is 402 g/mol. The van der Waals surface area contributed by atoms with Crippen molar-refractivity contribution in [3.63, 3.8) is 0 Å². The summed E-state index contributed by atoms with van der Waals surface area (Å²) in [5, 5.41) is 11.1. The van der Waals surface area contributed by atoms with Gasteiger partial charge < -0.3 is 14.7 Å². The van der Waals surface area contributed by atoms with Crippen LogP contribution in [0.5, 0.6) is 0 Å². The number of esters is 2. The molecule has 0 bridgehead atoms. The maximum atomic E-state index is 11.6. The summed E-state index contributed by atoms with van der Waals surface area (Å²) in [6, 6.07) is 7.05. The second-order valence-corrected chi connectivity index (χ2v) is 7.39. The Balaban J connectivity index is 0.000000291. The Hall–Kier alpha value is -2.96. The summed E-state index contributed by atoms with van der Waals surface area (Å²) in [4.78, 5) is 27.2. The molecule has 0 aliphatic rings. The van der Waals surface area contributed by atoms with Crippen molar-refractivity contribution in [1.82, 2.24) is 4.98 Å². The molecule has 0 aliphatic heterocycles. The van der Waals surface area contributed by atoms with E-state index in [1.807, 2.05) is 26.0 Å². The molecule has 2 aromatic rings. The van der Waals surface area contributed by atoms with Gasteiger partial charge in [-0.1, -0.05) is 6.07 Å². The summed E-state index contributed by atoms with van der Waals surface area (Å²) in [5.41, 5.74) is 0.116. The maximum Gasteiger partial charge on any atom is 0.316 e. The number of rotatable bonds is 6. The number of hydrogen-bond acceptors (Lipinski definition) is 6. The molecule has 158 valence electrons. The second kappa shape index (κ2) is 10.5. The number of aromatic nitrogens is 2. The van der Waals surface area contributed by atoms with Gasteiger partial charge in [0, 0.05) is 24.0 Å². The zero-order valence-electron chi connectivity index (χ0n) is 18.0. The molecule has 0 atom stereocenters. The van der Waals surface area contributed by atoms with E-state index in [0.717, 1.165) is 5.56 Å². The van der Waals surface area contributed by atoms with Crippen LogP contribution in [0.1, 0.15) is 52.7 Å². The number of carbonyl (C=O) groups excluding carboxylic acids is 2. The van der Waals surface area contributed by atoms with Crippen LogP contribution in [0.2, 0.25) is 0 Å². The summed E-state index contributed by atoms with van der Waals surface area (Å²) >= 11 is 0. The summed E-state index contributed by atoms with van der Waals surface area (Å²) < 4.78 is 10.6. The van der Waals surface area contributed by atoms with Gasteiger partial charge in [0.2, 0.25) is 0 Å². The lowest BCUT2D eigenvalue weighted by atomic mass is 9.86. The van der Waals surface area contributed by atoms with Crippen LogP contribution in [0.4, 0.5) is 0 Å². The highest BCUT2D eigenvalue weighted by Gasteiger charge is 2.33. The Labute approximate surface area is 172 Å². The van der Waals surface area contributed by atoms with E-state index in [0.29, 0.717) is 23.5 Å². The van der Waals surface area contributed by atoms with Crippen LogP contribution >= 0.6 is 0 Å². The van der Waals surface area contributed by atoms with E-state index in [1.54, 1.807) is 52.2 Å². The third-order valence-electron chi connectivity index (χ3n) is 4.45. The van der Waals surface area contributed by atoms with E-state index in [9.17, 15) is 14.8 Å². The fraction of sp³-hybridized carbons (Fsp3) is 0.455. The van der Waals surface area contributed by atoms with Crippen molar-refractivity contribution in [1.29, 1.82) is 0 Å². The first-order chi connectivity index (χ1) is 13.6. The SMILES string of the molecule is CCOC(=O)C(C)(C)c1ccc[n+]([O-])c1.CCOC(=O)C(C)(C)c1cccnc1. The van der Waals surface area contributed by atoms with Crippen LogP contribution in [-0.4, -0.2) is 30.1 Å². The van der Waals surface area contributed by atoms with Gasteiger partial charge in [-0.3, -0.25) is 14.6 Å². The Morgan fingerprint density at radius 2 is 1.48 bits per heavy atom. The lowest BCUT2D eigenvalue weighted by molar-refractivity contribution is -0.606. The molecule has 0 radical (unpaired) electrons. The van der Waals surface area contributed by atoms with E-state index < -0.39 is 10.8 Å². The van der Waals surface area contributed by atoms with Gasteiger partial charge in [-0.25, -0.2) is 0 Å². The zero-order chi connectivity index (χ0) is 22.1. The molecular formula is C22H30N2O5. The number of ether oxygens (including phenoxy) is 2. The highest BCUT2D eigenvalue weighted by molar-refractivity contribution is 5.82. The van der Waals surface area contributed by atoms with E-state index in [2.05, 4.69) is 4.98 Å². The van der Waals surface area contributed by atoms with Gasteiger partial charge in [-0.15, -0.1) is 0 Å². The molecule has 7 heteroatoms. The van der Waals surface area contributed by atoms with Gasteiger partial charge in [0.15, 0.2) is 12.4 Å². The fourth-order valence-corrected chi connectivity index (χ4v) is 2.42. The quantitative estimate of drug-likeness (QED) is 0.419. The summed E-state index contributed by atoms with van der Waals surface area (Å²) in [7, 11) is 0. The van der Waals surface area contributed by atoms with E-state index >= 15 is 0 Å². The van der Waals surface area contributed by atoms with Crippen LogP contribution in [0.15, 0.2) is 49.1 Å². The van der Waals surface area contributed by atoms with Crippen LogP contribution in [0.25, 0.3) is 0 Å². The molecule has 0 aliphatic carbocycles. The Kier molecular flexibility index (Phi) is 8.76. The fourth-order valence-electron chi connectivity index (χ4n) is 2.42. The minimum absolute atomic E-state index is 0.215. The predicted molar refractivity (Wildman–Crippen MR) is 109 cm³/mol. The molecule has 2 rings (SSSR count). The number of hydrogen-bond donors (Lipinski definition) is 0. The highest BCUT2D eigenvalue weighted by atomic mass is 16.5. The smallest absolute Gasteiger partial charge is 0.316 e. The predicted octanol–water partition coefficient (Wildman–Crippen LogP) is 3.08. The van der Waals surface area contributed by atoms with Crippen molar-refractivity contribution in [2.24, 2.45) is 0 Å². The first kappa shape index (κ1) is 24.1. The van der Waals surface area contributed by atoms with Gasteiger partial charge in [0.1, 0.15) is 0 Å². The van der Waals surface area contributed by atoms with Crippen LogP contribution in [0, 0.1) is 5.21 Å². The summed E-state index contributed by atoms with van der Waals surface area (Å²) in [6.45, 7) is 11.4. The Morgan fingerprint density at radius 3 is 1.93 bits per heavy atom. The topological polar surface area (TPSA) is 92.4 Å². The minimum Gasteiger partial charge on any atom is -0.619 e. The summed E-state index contributed by atoms with van der Waals surface area (Å²) in [5.74, 6) is -0.538. The van der Waals surface area contributed by atoms with Crippen molar-refractivity contribution >= 4 is 11.9 Å². The van der Waals surface area contributed by atoms with Crippen LogP contribution < -0.4 is 4.73 Å². The molecule has 0 saturated heterocycles. The molecule has 2 heterocycles. The minimum atomic E-state index is -0.788. The number of carbonyl (C=O) groups is 2. The average Bonchev–Trinajstić information content (AvgIpc) is 2.69. The van der Waals surface area contributed by atoms with Gasteiger partial charge in [-0.2, -0.15) is 4.73 Å². The first-order valence-corrected chi connectivity index (χ1v) is 9.51. The molecule has 7 nitrogen and oxygen atoms in total. The average molecular weight is 402 g/mol. The molecule has 0 spiro atoms. The maximum absolute atomic E-state index is 11.6. The molecular weight excluding hydrogens is 372 g/mol. The third kappa shape index (κ3) is 6.55. The van der Waals surface area contributed by atoms with E-state index in [1.165, 1.54) is 12.4 Å². The van der Waals surface area contributed by atoms with Gasteiger partial charge in [0.25, 0.3) is 0 Å². The first-order valence-electron chi connectivity index (χ1n) is 9.51. The molecule has 2 aromatic heterocycles. The molecule has 0 N–H and O–H groups in total. The van der Waals surface area contributed by atoms with Crippen molar-refractivity contribution in [2.75, 3.05) is 13.2 Å². The molecule has 0 unspecified atom stereocenters. The van der Waals surface area contributed by atoms with Gasteiger partial charge >= 0.3 is 11.9 Å². The molecule has 0 aromatic carbocycles. The number of pyridine rings is 2. The van der Waals surface area contributed by atoms with Crippen molar-refractivity contribution in [3.8, 4) is 0 Å². The molecule has 0 saturated carbocycles. The van der Waals surface area contributed by atoms with Gasteiger partial charge in [-0.05, 0) is 59.2 Å². The lowest BCUT2D eigenvalue weighted by Gasteiger charge is -2.21. The van der Waals surface area contributed by atoms with Crippen molar-refractivity contribution in [2.45, 2.75) is 52.4 Å². The Morgan fingerprint density at radius 1 is 0.966 bits per heavy atom. The molecule has 0 amide bonds. The van der Waals surface area contributed by atoms with E-state index in [-0.39, 0.29) is 11.9 Å². The van der Waals surface area contributed by atoms with Gasteiger partial charge in [0.05, 0.1) is 24.0 Å². The van der Waals surface area contributed by atoms with Crippen LogP contribution in [-0.2, 0) is 29.9 Å². The lowest BCUT2D eigenvalue weighted by Crippen LogP contribution is -2.35. The molecule has 29 heavy (non-hydrogen) atoms. The normalized spacial score (nSPS) is 11.1. The molecule has 0 fully saturated rings. The zero-order valence-corrected chi connectivity index (χ0v) is 18.0. The number of nitrogens with zero attached hydrogens (tertiary/aromatic N) is 2. The highest BCUT2D eigenvalue weighted by Crippen LogP contribution is 2.24. The third-order valence-corrected chi connectivity index (χ3v) is 4.45.